The predicted octanol–water partition coefficient (Wildman–Crippen LogP) is 3.03. The van der Waals surface area contributed by atoms with E-state index in [0.717, 1.165) is 11.1 Å². The number of carbonyl (C=O) groups excluding carboxylic acids is 1. The van der Waals surface area contributed by atoms with Gasteiger partial charge in [0, 0.05) is 0 Å². The largest absolute Gasteiger partial charge is 0.453 e. The highest BCUT2D eigenvalue weighted by Crippen LogP contribution is 2.59. The van der Waals surface area contributed by atoms with E-state index in [0.29, 0.717) is 6.42 Å². The molecule has 2 atom stereocenters. The molecule has 3 nitrogen and oxygen atoms in total. The zero-order chi connectivity index (χ0) is 14.5. The highest BCUT2D eigenvalue weighted by Gasteiger charge is 2.72. The lowest BCUT2D eigenvalue weighted by Crippen LogP contribution is -2.69. The number of hydrogen-bond acceptors (Lipinski definition) is 3. The number of carbonyl (C=O) groups is 1. The molecule has 0 amide bonds. The van der Waals surface area contributed by atoms with Gasteiger partial charge in [-0.3, -0.25) is 4.79 Å². The molecule has 2 aliphatic heterocycles. The van der Waals surface area contributed by atoms with Gasteiger partial charge in [-0.15, -0.1) is 0 Å². The molecule has 0 unspecified atom stereocenters. The molecule has 0 radical (unpaired) electrons. The van der Waals surface area contributed by atoms with E-state index >= 15 is 0 Å². The molecule has 0 aromatic heterocycles. The van der Waals surface area contributed by atoms with Crippen molar-refractivity contribution in [1.82, 2.24) is 0 Å². The Bertz CT molecular complexity index is 641. The fourth-order valence-corrected chi connectivity index (χ4v) is 3.64. The van der Waals surface area contributed by atoms with Gasteiger partial charge in [0.05, 0.1) is 6.42 Å². The lowest BCUT2D eigenvalue weighted by Gasteiger charge is -2.57. The smallest absolute Gasteiger partial charge is 0.309 e. The summed E-state index contributed by atoms with van der Waals surface area (Å²) >= 11 is 0. The number of ether oxygens (including phenoxy) is 2. The summed E-state index contributed by atoms with van der Waals surface area (Å²) < 4.78 is 12.0. The highest BCUT2D eigenvalue weighted by molar-refractivity contribution is 5.75. The van der Waals surface area contributed by atoms with Crippen LogP contribution in [0.5, 0.6) is 0 Å². The molecule has 0 spiro atoms. The van der Waals surface area contributed by atoms with Crippen molar-refractivity contribution >= 4 is 5.97 Å². The van der Waals surface area contributed by atoms with Gasteiger partial charge < -0.3 is 9.47 Å². The van der Waals surface area contributed by atoms with Gasteiger partial charge >= 0.3 is 5.97 Å². The van der Waals surface area contributed by atoms with Crippen LogP contribution in [0.15, 0.2) is 60.7 Å². The number of benzene rings is 2. The monoisotopic (exact) mass is 280 g/mol. The molecule has 2 aromatic carbocycles. The van der Waals surface area contributed by atoms with E-state index in [4.69, 9.17) is 9.47 Å². The zero-order valence-electron chi connectivity index (χ0n) is 11.8. The van der Waals surface area contributed by atoms with Gasteiger partial charge in [-0.1, -0.05) is 60.7 Å². The Balaban J connectivity index is 1.92. The first kappa shape index (κ1) is 12.6. The Kier molecular flexibility index (Phi) is 2.51. The van der Waals surface area contributed by atoms with Crippen LogP contribution in [0.1, 0.15) is 24.5 Å². The summed E-state index contributed by atoms with van der Waals surface area (Å²) in [7, 11) is 0. The lowest BCUT2D eigenvalue weighted by atomic mass is 9.66. The summed E-state index contributed by atoms with van der Waals surface area (Å²) in [5.74, 6) is -0.184. The molecule has 2 aromatic rings. The third-order valence-electron chi connectivity index (χ3n) is 4.67. The van der Waals surface area contributed by atoms with E-state index in [1.807, 2.05) is 67.6 Å². The second-order valence-corrected chi connectivity index (χ2v) is 5.80. The van der Waals surface area contributed by atoms with Crippen molar-refractivity contribution in [2.24, 2.45) is 0 Å². The number of rotatable bonds is 2. The molecule has 106 valence electrons. The summed E-state index contributed by atoms with van der Waals surface area (Å²) in [6.45, 7) is 1.98. The van der Waals surface area contributed by atoms with Crippen LogP contribution in [0.4, 0.5) is 0 Å². The van der Waals surface area contributed by atoms with Gasteiger partial charge in [0.1, 0.15) is 6.10 Å². The van der Waals surface area contributed by atoms with Crippen LogP contribution in [0.2, 0.25) is 0 Å². The zero-order valence-corrected chi connectivity index (χ0v) is 11.8. The quantitative estimate of drug-likeness (QED) is 0.793. The maximum absolute atomic E-state index is 11.8. The molecular weight excluding hydrogens is 264 g/mol. The van der Waals surface area contributed by atoms with Crippen molar-refractivity contribution in [1.29, 1.82) is 0 Å². The first-order valence-electron chi connectivity index (χ1n) is 7.17. The van der Waals surface area contributed by atoms with Crippen LogP contribution in [0.25, 0.3) is 0 Å². The van der Waals surface area contributed by atoms with Crippen molar-refractivity contribution in [3.8, 4) is 0 Å². The molecule has 21 heavy (non-hydrogen) atoms. The van der Waals surface area contributed by atoms with E-state index in [1.165, 1.54) is 0 Å². The molecule has 0 bridgehead atoms. The standard InChI is InChI=1S/C18H16O3/c1-17-15(12-16(19)21-17)20-18(17,13-8-4-2-5-9-13)14-10-6-3-7-11-14/h2-11,15H,12H2,1H3/t15-,17+/m1/s1. The Labute approximate surface area is 123 Å². The number of hydrogen-bond donors (Lipinski definition) is 0. The molecule has 2 heterocycles. The number of esters is 1. The predicted molar refractivity (Wildman–Crippen MR) is 77.7 cm³/mol. The summed E-state index contributed by atoms with van der Waals surface area (Å²) in [4.78, 5) is 11.8. The normalized spacial score (nSPS) is 29.4. The second-order valence-electron chi connectivity index (χ2n) is 5.80. The second kappa shape index (κ2) is 4.18. The van der Waals surface area contributed by atoms with E-state index < -0.39 is 11.2 Å². The van der Waals surface area contributed by atoms with Gasteiger partial charge in [-0.25, -0.2) is 0 Å². The fraction of sp³-hybridized carbons (Fsp3) is 0.278. The number of fused-ring (bicyclic) bond motifs is 1. The Hall–Kier alpha value is -2.13. The summed E-state index contributed by atoms with van der Waals surface area (Å²) in [6.07, 6.45) is 0.156. The van der Waals surface area contributed by atoms with Gasteiger partial charge in [0.2, 0.25) is 0 Å². The fourth-order valence-electron chi connectivity index (χ4n) is 3.64. The van der Waals surface area contributed by atoms with Crippen LogP contribution in [0, 0.1) is 0 Å². The van der Waals surface area contributed by atoms with Crippen molar-refractivity contribution in [2.45, 2.75) is 30.7 Å². The van der Waals surface area contributed by atoms with Crippen LogP contribution in [-0.2, 0) is 19.9 Å². The minimum Gasteiger partial charge on any atom is -0.453 e. The Morgan fingerprint density at radius 3 is 1.95 bits per heavy atom. The topological polar surface area (TPSA) is 35.5 Å². The maximum Gasteiger partial charge on any atom is 0.309 e. The SMILES string of the molecule is C[C@]12OC(=O)C[C@H]1OC2(c1ccccc1)c1ccccc1. The summed E-state index contributed by atoms with van der Waals surface area (Å²) in [5.41, 5.74) is 0.674. The van der Waals surface area contributed by atoms with Gasteiger partial charge in [0.15, 0.2) is 11.2 Å². The maximum atomic E-state index is 11.8. The minimum absolute atomic E-state index is 0.176. The van der Waals surface area contributed by atoms with Crippen LogP contribution < -0.4 is 0 Å². The van der Waals surface area contributed by atoms with E-state index in [2.05, 4.69) is 0 Å². The molecular formula is C18H16O3. The third kappa shape index (κ3) is 1.49. The summed E-state index contributed by atoms with van der Waals surface area (Å²) in [6, 6.07) is 20.0. The molecule has 0 saturated carbocycles. The molecule has 0 aliphatic carbocycles. The van der Waals surface area contributed by atoms with Crippen molar-refractivity contribution < 1.29 is 14.3 Å². The molecule has 2 aliphatic rings. The lowest BCUT2D eigenvalue weighted by molar-refractivity contribution is -0.310. The Morgan fingerprint density at radius 1 is 0.952 bits per heavy atom. The average Bonchev–Trinajstić information content (AvgIpc) is 2.74. The average molecular weight is 280 g/mol. The van der Waals surface area contributed by atoms with Gasteiger partial charge in [-0.2, -0.15) is 0 Å². The minimum atomic E-state index is -0.716. The van der Waals surface area contributed by atoms with E-state index in [9.17, 15) is 4.79 Å². The molecule has 2 saturated heterocycles. The first-order valence-corrected chi connectivity index (χ1v) is 7.17. The highest BCUT2D eigenvalue weighted by atomic mass is 16.7. The van der Waals surface area contributed by atoms with Crippen LogP contribution in [0.3, 0.4) is 0 Å². The third-order valence-corrected chi connectivity index (χ3v) is 4.67. The van der Waals surface area contributed by atoms with Crippen molar-refractivity contribution in [3.63, 3.8) is 0 Å². The van der Waals surface area contributed by atoms with Crippen molar-refractivity contribution in [3.05, 3.63) is 71.8 Å². The van der Waals surface area contributed by atoms with Gasteiger partial charge in [-0.05, 0) is 18.1 Å². The van der Waals surface area contributed by atoms with E-state index in [-0.39, 0.29) is 12.1 Å². The summed E-state index contributed by atoms with van der Waals surface area (Å²) in [5, 5.41) is 0. The van der Waals surface area contributed by atoms with Crippen LogP contribution >= 0.6 is 0 Å². The first-order chi connectivity index (χ1) is 10.2. The molecule has 0 N–H and O–H groups in total. The Morgan fingerprint density at radius 2 is 1.48 bits per heavy atom. The van der Waals surface area contributed by atoms with E-state index in [1.54, 1.807) is 0 Å². The van der Waals surface area contributed by atoms with Gasteiger partial charge in [0.25, 0.3) is 0 Å². The van der Waals surface area contributed by atoms with Crippen LogP contribution in [-0.4, -0.2) is 17.7 Å². The van der Waals surface area contributed by atoms with Crippen molar-refractivity contribution in [2.75, 3.05) is 0 Å². The molecule has 2 fully saturated rings. The molecule has 4 rings (SSSR count). The molecule has 3 heteroatoms.